The van der Waals surface area contributed by atoms with Crippen LogP contribution in [0.4, 0.5) is 0 Å². The van der Waals surface area contributed by atoms with Gasteiger partial charge in [-0.15, -0.1) is 0 Å². The van der Waals surface area contributed by atoms with Gasteiger partial charge >= 0.3 is 5.69 Å². The third kappa shape index (κ3) is 2.37. The Morgan fingerprint density at radius 2 is 1.91 bits per heavy atom. The second-order valence-electron chi connectivity index (χ2n) is 6.17. The topological polar surface area (TPSA) is 73.1 Å². The number of nitrogens with zero attached hydrogens (tertiary/aromatic N) is 2. The molecule has 1 aromatic carbocycles. The Balaban J connectivity index is 2.32. The first-order valence-corrected chi connectivity index (χ1v) is 7.93. The van der Waals surface area contributed by atoms with E-state index in [1.165, 1.54) is 9.13 Å². The van der Waals surface area contributed by atoms with E-state index in [1.54, 1.807) is 13.1 Å². The summed E-state index contributed by atoms with van der Waals surface area (Å²) in [5.41, 5.74) is 1.99. The third-order valence-corrected chi connectivity index (χ3v) is 4.65. The van der Waals surface area contributed by atoms with Crippen LogP contribution in [-0.2, 0) is 16.6 Å². The maximum absolute atomic E-state index is 12.7. The van der Waals surface area contributed by atoms with Crippen molar-refractivity contribution >= 4 is 34.4 Å². The largest absolute Gasteiger partial charge is 0.329 e. The van der Waals surface area contributed by atoms with Gasteiger partial charge in [-0.25, -0.2) is 4.79 Å². The molecule has 1 aliphatic rings. The summed E-state index contributed by atoms with van der Waals surface area (Å²) in [5, 5.41) is 2.72. The molecule has 6 nitrogen and oxygen atoms in total. The van der Waals surface area contributed by atoms with Crippen molar-refractivity contribution in [1.29, 1.82) is 0 Å². The number of rotatable bonds is 2. The number of halogens is 1. The standard InChI is InChI=1S/C16H18ClN3O3/c1-8(2)9-4-5-10(17)14-13(9)19(3)16(23)20(14)11-6-7-12(21)18-15(11)22/h4-5,8,11H,6-7H2,1-3H3,(H,18,21,22). The van der Waals surface area contributed by atoms with E-state index in [4.69, 9.17) is 11.6 Å². The molecule has 23 heavy (non-hydrogen) atoms. The Morgan fingerprint density at radius 3 is 2.52 bits per heavy atom. The van der Waals surface area contributed by atoms with E-state index in [9.17, 15) is 14.4 Å². The number of fused-ring (bicyclic) bond motifs is 1. The normalized spacial score (nSPS) is 18.7. The highest BCUT2D eigenvalue weighted by Crippen LogP contribution is 2.32. The maximum Gasteiger partial charge on any atom is 0.329 e. The number of aryl methyl sites for hydroxylation is 1. The molecule has 3 rings (SSSR count). The average Bonchev–Trinajstić information content (AvgIpc) is 2.73. The number of carbonyl (C=O) groups excluding carboxylic acids is 2. The first-order valence-electron chi connectivity index (χ1n) is 7.56. The van der Waals surface area contributed by atoms with E-state index < -0.39 is 11.9 Å². The van der Waals surface area contributed by atoms with Gasteiger partial charge in [0.15, 0.2) is 0 Å². The number of benzene rings is 1. The number of aromatic nitrogens is 2. The van der Waals surface area contributed by atoms with Crippen molar-refractivity contribution < 1.29 is 9.59 Å². The Morgan fingerprint density at radius 1 is 1.22 bits per heavy atom. The van der Waals surface area contributed by atoms with E-state index in [2.05, 4.69) is 5.32 Å². The third-order valence-electron chi connectivity index (χ3n) is 4.35. The highest BCUT2D eigenvalue weighted by Gasteiger charge is 2.32. The fourth-order valence-electron chi connectivity index (χ4n) is 3.19. The summed E-state index contributed by atoms with van der Waals surface area (Å²) in [4.78, 5) is 36.3. The predicted octanol–water partition coefficient (Wildman–Crippen LogP) is 2.09. The summed E-state index contributed by atoms with van der Waals surface area (Å²) >= 11 is 6.35. The van der Waals surface area contributed by atoms with Crippen molar-refractivity contribution in [3.05, 3.63) is 33.2 Å². The Labute approximate surface area is 138 Å². The molecule has 1 unspecified atom stereocenters. The van der Waals surface area contributed by atoms with Crippen LogP contribution in [0, 0.1) is 0 Å². The summed E-state index contributed by atoms with van der Waals surface area (Å²) in [6, 6.07) is 2.94. The molecule has 0 bridgehead atoms. The van der Waals surface area contributed by atoms with Crippen molar-refractivity contribution in [1.82, 2.24) is 14.5 Å². The van der Waals surface area contributed by atoms with Gasteiger partial charge in [0, 0.05) is 13.5 Å². The summed E-state index contributed by atoms with van der Waals surface area (Å²) < 4.78 is 2.95. The molecule has 2 aromatic rings. The van der Waals surface area contributed by atoms with Crippen molar-refractivity contribution in [2.45, 2.75) is 38.6 Å². The quantitative estimate of drug-likeness (QED) is 0.854. The van der Waals surface area contributed by atoms with Gasteiger partial charge < -0.3 is 0 Å². The fraction of sp³-hybridized carbons (Fsp3) is 0.438. The van der Waals surface area contributed by atoms with Gasteiger partial charge in [-0.2, -0.15) is 0 Å². The Kier molecular flexibility index (Phi) is 3.80. The minimum atomic E-state index is -0.719. The van der Waals surface area contributed by atoms with E-state index >= 15 is 0 Å². The van der Waals surface area contributed by atoms with Crippen LogP contribution in [0.2, 0.25) is 5.02 Å². The molecule has 0 saturated carbocycles. The van der Waals surface area contributed by atoms with Crippen LogP contribution >= 0.6 is 11.6 Å². The molecule has 122 valence electrons. The van der Waals surface area contributed by atoms with Gasteiger partial charge in [0.1, 0.15) is 6.04 Å². The van der Waals surface area contributed by atoms with E-state index in [1.807, 2.05) is 19.9 Å². The SMILES string of the molecule is CC(C)c1ccc(Cl)c2c1n(C)c(=O)n2C1CCC(=O)NC1=O. The Hall–Kier alpha value is -2.08. The zero-order valence-electron chi connectivity index (χ0n) is 13.2. The van der Waals surface area contributed by atoms with Crippen LogP contribution in [0.1, 0.15) is 44.2 Å². The number of hydrogen-bond acceptors (Lipinski definition) is 3. The number of imide groups is 1. The average molecular weight is 336 g/mol. The van der Waals surface area contributed by atoms with Crippen LogP contribution in [-0.4, -0.2) is 20.9 Å². The molecule has 7 heteroatoms. The summed E-state index contributed by atoms with van der Waals surface area (Å²) in [6.45, 7) is 4.08. The first kappa shape index (κ1) is 15.8. The minimum absolute atomic E-state index is 0.206. The number of amides is 2. The van der Waals surface area contributed by atoms with Crippen molar-refractivity contribution in [3.63, 3.8) is 0 Å². The lowest BCUT2D eigenvalue weighted by Crippen LogP contribution is -2.44. The van der Waals surface area contributed by atoms with E-state index in [-0.39, 0.29) is 23.9 Å². The van der Waals surface area contributed by atoms with Crippen LogP contribution in [0.15, 0.2) is 16.9 Å². The molecule has 2 amide bonds. The van der Waals surface area contributed by atoms with E-state index in [0.717, 1.165) is 11.1 Å². The lowest BCUT2D eigenvalue weighted by atomic mass is 10.0. The zero-order chi connectivity index (χ0) is 16.9. The van der Waals surface area contributed by atoms with Gasteiger partial charge in [-0.1, -0.05) is 31.5 Å². The van der Waals surface area contributed by atoms with E-state index in [0.29, 0.717) is 17.0 Å². The van der Waals surface area contributed by atoms with Crippen LogP contribution in [0.25, 0.3) is 11.0 Å². The second-order valence-corrected chi connectivity index (χ2v) is 6.57. The van der Waals surface area contributed by atoms with Crippen molar-refractivity contribution in [3.8, 4) is 0 Å². The molecule has 1 atom stereocenters. The minimum Gasteiger partial charge on any atom is -0.295 e. The summed E-state index contributed by atoms with van der Waals surface area (Å²) in [7, 11) is 1.68. The molecule has 2 heterocycles. The predicted molar refractivity (Wildman–Crippen MR) is 87.7 cm³/mol. The van der Waals surface area contributed by atoms with Gasteiger partial charge in [-0.3, -0.25) is 24.0 Å². The fourth-order valence-corrected chi connectivity index (χ4v) is 3.43. The second kappa shape index (κ2) is 5.53. The molecule has 0 aliphatic carbocycles. The molecule has 1 N–H and O–H groups in total. The van der Waals surface area contributed by atoms with Crippen LogP contribution in [0.3, 0.4) is 0 Å². The molecule has 0 radical (unpaired) electrons. The molecule has 1 saturated heterocycles. The molecule has 1 aromatic heterocycles. The van der Waals surface area contributed by atoms with Crippen LogP contribution in [0.5, 0.6) is 0 Å². The number of piperidine rings is 1. The Bertz CT molecular complexity index is 879. The molecular formula is C16H18ClN3O3. The van der Waals surface area contributed by atoms with Crippen molar-refractivity contribution in [2.75, 3.05) is 0 Å². The number of hydrogen-bond donors (Lipinski definition) is 1. The smallest absolute Gasteiger partial charge is 0.295 e. The first-order chi connectivity index (χ1) is 10.8. The lowest BCUT2D eigenvalue weighted by Gasteiger charge is -2.22. The van der Waals surface area contributed by atoms with Gasteiger partial charge in [-0.05, 0) is 24.0 Å². The van der Waals surface area contributed by atoms with Crippen molar-refractivity contribution in [2.24, 2.45) is 7.05 Å². The zero-order valence-corrected chi connectivity index (χ0v) is 14.0. The monoisotopic (exact) mass is 335 g/mol. The van der Waals surface area contributed by atoms with Gasteiger partial charge in [0.25, 0.3) is 0 Å². The summed E-state index contributed by atoms with van der Waals surface area (Å²) in [6.07, 6.45) is 0.507. The van der Waals surface area contributed by atoms with Crippen LogP contribution < -0.4 is 11.0 Å². The molecular weight excluding hydrogens is 318 g/mol. The summed E-state index contributed by atoms with van der Waals surface area (Å²) in [5.74, 6) is -0.562. The number of nitrogens with one attached hydrogen (secondary N) is 1. The highest BCUT2D eigenvalue weighted by molar-refractivity contribution is 6.35. The highest BCUT2D eigenvalue weighted by atomic mass is 35.5. The molecule has 1 fully saturated rings. The molecule has 1 aliphatic heterocycles. The number of imidazole rings is 1. The van der Waals surface area contributed by atoms with Gasteiger partial charge in [0.2, 0.25) is 11.8 Å². The lowest BCUT2D eigenvalue weighted by molar-refractivity contribution is -0.135. The number of carbonyl (C=O) groups is 2. The molecule has 0 spiro atoms. The van der Waals surface area contributed by atoms with Gasteiger partial charge in [0.05, 0.1) is 16.1 Å². The maximum atomic E-state index is 12.7.